The van der Waals surface area contributed by atoms with Crippen LogP contribution in [0.5, 0.6) is 0 Å². The van der Waals surface area contributed by atoms with E-state index in [0.717, 1.165) is 32.5 Å². The number of nitrogens with one attached hydrogen (secondary N) is 1. The number of amides is 1. The van der Waals surface area contributed by atoms with Crippen molar-refractivity contribution in [2.75, 3.05) is 19.6 Å². The molecule has 1 amide bonds. The van der Waals surface area contributed by atoms with Crippen LogP contribution in [0.1, 0.15) is 36.8 Å². The lowest BCUT2D eigenvalue weighted by molar-refractivity contribution is -0.139. The van der Waals surface area contributed by atoms with Gasteiger partial charge in [-0.2, -0.15) is 0 Å². The third kappa shape index (κ3) is 2.21. The molecule has 0 saturated carbocycles. The lowest BCUT2D eigenvalue weighted by atomic mass is 9.92. The first-order valence-corrected chi connectivity index (χ1v) is 8.17. The van der Waals surface area contributed by atoms with E-state index >= 15 is 0 Å². The van der Waals surface area contributed by atoms with Crippen LogP contribution in [0.25, 0.3) is 0 Å². The van der Waals surface area contributed by atoms with E-state index in [9.17, 15) is 4.79 Å². The molecule has 3 nitrogen and oxygen atoms in total. The smallest absolute Gasteiger partial charge is 0.227 e. The van der Waals surface area contributed by atoms with E-state index in [4.69, 9.17) is 0 Å². The van der Waals surface area contributed by atoms with Gasteiger partial charge in [-0.05, 0) is 42.3 Å². The monoisotopic (exact) mass is 278 g/mol. The quantitative estimate of drug-likeness (QED) is 0.901. The zero-order valence-electron chi connectivity index (χ0n) is 11.7. The highest BCUT2D eigenvalue weighted by Gasteiger charge is 2.37. The van der Waals surface area contributed by atoms with Crippen LogP contribution < -0.4 is 5.32 Å². The predicted octanol–water partition coefficient (Wildman–Crippen LogP) is 2.44. The zero-order chi connectivity index (χ0) is 13.4. The maximum atomic E-state index is 12.8. The first kappa shape index (κ1) is 13.1. The van der Waals surface area contributed by atoms with Crippen molar-refractivity contribution < 1.29 is 4.79 Å². The molecule has 0 radical (unpaired) electrons. The molecule has 0 spiro atoms. The van der Waals surface area contributed by atoms with Gasteiger partial charge in [-0.1, -0.05) is 13.8 Å². The molecule has 4 heteroatoms. The predicted molar refractivity (Wildman–Crippen MR) is 78.3 cm³/mol. The fourth-order valence-corrected chi connectivity index (χ4v) is 4.38. The lowest BCUT2D eigenvalue weighted by Crippen LogP contribution is -2.44. The number of thiophene rings is 1. The molecule has 1 fully saturated rings. The normalized spacial score (nSPS) is 30.4. The summed E-state index contributed by atoms with van der Waals surface area (Å²) >= 11 is 1.84. The fourth-order valence-electron chi connectivity index (χ4n) is 3.45. The van der Waals surface area contributed by atoms with Crippen molar-refractivity contribution in [1.82, 2.24) is 10.2 Å². The van der Waals surface area contributed by atoms with Crippen molar-refractivity contribution in [3.8, 4) is 0 Å². The standard InChI is InChI=1S/C15H22N2OS/c1-3-13-11-5-7-19-14(11)4-6-17(13)15(18)12-9-16-8-10(12)2/h5,7,10,12-13,16H,3-4,6,8-9H2,1-2H3/t10-,12-,13?/m1/s1. The number of hydrogen-bond acceptors (Lipinski definition) is 3. The molecule has 2 aliphatic rings. The van der Waals surface area contributed by atoms with Gasteiger partial charge in [-0.15, -0.1) is 11.3 Å². The molecule has 0 aliphatic carbocycles. The van der Waals surface area contributed by atoms with Gasteiger partial charge in [0.25, 0.3) is 0 Å². The van der Waals surface area contributed by atoms with E-state index < -0.39 is 0 Å². The summed E-state index contributed by atoms with van der Waals surface area (Å²) in [5.74, 6) is 1.00. The second-order valence-corrected chi connectivity index (χ2v) is 6.75. The van der Waals surface area contributed by atoms with Crippen molar-refractivity contribution in [3.63, 3.8) is 0 Å². The molecular weight excluding hydrogens is 256 g/mol. The Morgan fingerprint density at radius 1 is 1.53 bits per heavy atom. The highest BCUT2D eigenvalue weighted by Crippen LogP contribution is 2.36. The van der Waals surface area contributed by atoms with Gasteiger partial charge >= 0.3 is 0 Å². The largest absolute Gasteiger partial charge is 0.335 e. The maximum Gasteiger partial charge on any atom is 0.227 e. The minimum absolute atomic E-state index is 0.175. The van der Waals surface area contributed by atoms with Crippen LogP contribution in [0.15, 0.2) is 11.4 Å². The summed E-state index contributed by atoms with van der Waals surface area (Å²) < 4.78 is 0. The van der Waals surface area contributed by atoms with Crippen LogP contribution in [0, 0.1) is 11.8 Å². The van der Waals surface area contributed by atoms with E-state index in [1.165, 1.54) is 10.4 Å². The Balaban J connectivity index is 1.83. The van der Waals surface area contributed by atoms with Gasteiger partial charge in [0, 0.05) is 18.0 Å². The van der Waals surface area contributed by atoms with Crippen molar-refractivity contribution >= 4 is 17.2 Å². The molecule has 1 saturated heterocycles. The molecule has 0 bridgehead atoms. The Bertz CT molecular complexity index is 470. The van der Waals surface area contributed by atoms with Crippen LogP contribution in [0.2, 0.25) is 0 Å². The summed E-state index contributed by atoms with van der Waals surface area (Å²) in [5.41, 5.74) is 1.39. The van der Waals surface area contributed by atoms with Gasteiger partial charge in [0.2, 0.25) is 5.91 Å². The number of hydrogen-bond donors (Lipinski definition) is 1. The number of fused-ring (bicyclic) bond motifs is 1. The Morgan fingerprint density at radius 2 is 2.37 bits per heavy atom. The molecule has 1 aromatic rings. The van der Waals surface area contributed by atoms with Crippen LogP contribution in [-0.2, 0) is 11.2 Å². The van der Waals surface area contributed by atoms with Crippen LogP contribution in [0.3, 0.4) is 0 Å². The third-order valence-corrected chi connectivity index (χ3v) is 5.60. The van der Waals surface area contributed by atoms with Gasteiger partial charge in [0.05, 0.1) is 12.0 Å². The number of carbonyl (C=O) groups is 1. The van der Waals surface area contributed by atoms with Gasteiger partial charge in [0.15, 0.2) is 0 Å². The molecule has 3 rings (SSSR count). The summed E-state index contributed by atoms with van der Waals surface area (Å²) in [4.78, 5) is 16.4. The second kappa shape index (κ2) is 5.25. The van der Waals surface area contributed by atoms with Gasteiger partial charge < -0.3 is 10.2 Å². The molecular formula is C15H22N2OS. The first-order valence-electron chi connectivity index (χ1n) is 7.29. The molecule has 104 valence electrons. The van der Waals surface area contributed by atoms with E-state index in [2.05, 4.69) is 35.5 Å². The van der Waals surface area contributed by atoms with Gasteiger partial charge in [-0.25, -0.2) is 0 Å². The molecule has 19 heavy (non-hydrogen) atoms. The van der Waals surface area contributed by atoms with Gasteiger partial charge in [-0.3, -0.25) is 4.79 Å². The Morgan fingerprint density at radius 3 is 3.05 bits per heavy atom. The number of nitrogens with zero attached hydrogens (tertiary/aromatic N) is 1. The highest BCUT2D eigenvalue weighted by atomic mass is 32.1. The van der Waals surface area contributed by atoms with Crippen molar-refractivity contribution in [3.05, 3.63) is 21.9 Å². The summed E-state index contributed by atoms with van der Waals surface area (Å²) in [7, 11) is 0. The van der Waals surface area contributed by atoms with E-state index in [1.54, 1.807) is 0 Å². The Labute approximate surface area is 119 Å². The zero-order valence-corrected chi connectivity index (χ0v) is 12.5. The minimum Gasteiger partial charge on any atom is -0.335 e. The molecule has 1 aromatic heterocycles. The van der Waals surface area contributed by atoms with Crippen LogP contribution in [-0.4, -0.2) is 30.4 Å². The van der Waals surface area contributed by atoms with Crippen LogP contribution in [0.4, 0.5) is 0 Å². The van der Waals surface area contributed by atoms with Crippen molar-refractivity contribution in [2.24, 2.45) is 11.8 Å². The summed E-state index contributed by atoms with van der Waals surface area (Å²) in [6.07, 6.45) is 2.05. The molecule has 0 aromatic carbocycles. The average molecular weight is 278 g/mol. The molecule has 2 aliphatic heterocycles. The molecule has 3 atom stereocenters. The number of rotatable bonds is 2. The molecule has 1 unspecified atom stereocenters. The maximum absolute atomic E-state index is 12.8. The Hall–Kier alpha value is -0.870. The van der Waals surface area contributed by atoms with Crippen molar-refractivity contribution in [2.45, 2.75) is 32.7 Å². The fraction of sp³-hybridized carbons (Fsp3) is 0.667. The molecule has 1 N–H and O–H groups in total. The van der Waals surface area contributed by atoms with E-state index in [1.807, 2.05) is 11.3 Å². The second-order valence-electron chi connectivity index (χ2n) is 5.75. The average Bonchev–Trinajstić information content (AvgIpc) is 3.04. The van der Waals surface area contributed by atoms with Gasteiger partial charge in [0.1, 0.15) is 0 Å². The summed E-state index contributed by atoms with van der Waals surface area (Å²) in [6, 6.07) is 2.51. The first-order chi connectivity index (χ1) is 9.22. The van der Waals surface area contributed by atoms with Crippen LogP contribution >= 0.6 is 11.3 Å². The highest BCUT2D eigenvalue weighted by molar-refractivity contribution is 7.10. The Kier molecular flexibility index (Phi) is 3.63. The summed E-state index contributed by atoms with van der Waals surface area (Å²) in [5, 5.41) is 5.51. The summed E-state index contributed by atoms with van der Waals surface area (Å²) in [6.45, 7) is 7.10. The minimum atomic E-state index is 0.175. The van der Waals surface area contributed by atoms with Crippen molar-refractivity contribution in [1.29, 1.82) is 0 Å². The lowest BCUT2D eigenvalue weighted by Gasteiger charge is -2.37. The number of carbonyl (C=O) groups excluding carboxylic acids is 1. The topological polar surface area (TPSA) is 32.3 Å². The van der Waals surface area contributed by atoms with E-state index in [0.29, 0.717) is 17.9 Å². The van der Waals surface area contributed by atoms with E-state index in [-0.39, 0.29) is 5.92 Å². The SMILES string of the molecule is CCC1c2ccsc2CCN1C(=O)[C@@H]1CNC[C@H]1C. The molecule has 3 heterocycles. The third-order valence-electron chi connectivity index (χ3n) is 4.60.